The molecule has 0 amide bonds. The van der Waals surface area contributed by atoms with E-state index in [2.05, 4.69) is 9.47 Å². The van der Waals surface area contributed by atoms with E-state index in [9.17, 15) is 19.8 Å². The third kappa shape index (κ3) is 2.86. The van der Waals surface area contributed by atoms with Gasteiger partial charge in [-0.25, -0.2) is 9.59 Å². The summed E-state index contributed by atoms with van der Waals surface area (Å²) < 4.78 is 8.87. The molecule has 0 aliphatic carbocycles. The minimum atomic E-state index is -1.54. The number of rotatable bonds is 4. The van der Waals surface area contributed by atoms with E-state index in [-0.39, 0.29) is 0 Å². The second kappa shape index (κ2) is 5.02. The van der Waals surface area contributed by atoms with Gasteiger partial charge >= 0.3 is 11.9 Å². The van der Waals surface area contributed by atoms with Crippen LogP contribution in [0.1, 0.15) is 6.92 Å². The normalized spacial score (nSPS) is 23.2. The van der Waals surface area contributed by atoms with Crippen LogP contribution in [0.3, 0.4) is 0 Å². The van der Waals surface area contributed by atoms with E-state index in [4.69, 9.17) is 10.2 Å². The van der Waals surface area contributed by atoms with Crippen molar-refractivity contribution in [1.29, 1.82) is 0 Å². The molecule has 0 aromatic carbocycles. The maximum Gasteiger partial charge on any atom is 0.377 e. The smallest absolute Gasteiger partial charge is 0.377 e. The number of hydrogen-bond acceptors (Lipinski definition) is 8. The lowest BCUT2D eigenvalue weighted by atomic mass is 10.2. The zero-order valence-electron chi connectivity index (χ0n) is 8.86. The molecule has 96 valence electrons. The van der Waals surface area contributed by atoms with Gasteiger partial charge in [0, 0.05) is 0 Å². The van der Waals surface area contributed by atoms with Crippen molar-refractivity contribution < 1.29 is 39.5 Å². The highest BCUT2D eigenvalue weighted by atomic mass is 16.6. The monoisotopic (exact) mass is 248 g/mol. The summed E-state index contributed by atoms with van der Waals surface area (Å²) in [5, 5.41) is 36.4. The van der Waals surface area contributed by atoms with Crippen LogP contribution >= 0.6 is 0 Å². The number of esters is 2. The van der Waals surface area contributed by atoms with Gasteiger partial charge in [0.05, 0.1) is 0 Å². The molecule has 0 unspecified atom stereocenters. The molecule has 0 aromatic rings. The first kappa shape index (κ1) is 13.3. The molecule has 0 saturated heterocycles. The van der Waals surface area contributed by atoms with Gasteiger partial charge in [-0.3, -0.25) is 0 Å². The van der Waals surface area contributed by atoms with Gasteiger partial charge in [-0.15, -0.1) is 0 Å². The molecule has 1 rings (SSSR count). The van der Waals surface area contributed by atoms with Crippen molar-refractivity contribution in [3.63, 3.8) is 0 Å². The quantitative estimate of drug-likeness (QED) is 0.443. The number of carbonyl (C=O) groups is 2. The average molecular weight is 248 g/mol. The molecule has 0 bridgehead atoms. The largest absolute Gasteiger partial charge is 0.505 e. The van der Waals surface area contributed by atoms with E-state index in [0.717, 1.165) is 0 Å². The molecular weight excluding hydrogens is 236 g/mol. The van der Waals surface area contributed by atoms with Crippen LogP contribution in [-0.4, -0.2) is 57.3 Å². The van der Waals surface area contributed by atoms with Crippen LogP contribution in [0.15, 0.2) is 11.5 Å². The molecule has 0 fully saturated rings. The minimum absolute atomic E-state index is 0.598. The van der Waals surface area contributed by atoms with Crippen molar-refractivity contribution in [2.24, 2.45) is 0 Å². The minimum Gasteiger partial charge on any atom is -0.505 e. The van der Waals surface area contributed by atoms with Gasteiger partial charge < -0.3 is 29.9 Å². The Kier molecular flexibility index (Phi) is 3.92. The predicted molar refractivity (Wildman–Crippen MR) is 50.8 cm³/mol. The number of aliphatic hydroxyl groups is 4. The number of cyclic esters (lactones) is 1. The first-order valence-electron chi connectivity index (χ1n) is 4.70. The molecule has 1 heterocycles. The fourth-order valence-corrected chi connectivity index (χ4v) is 1.10. The molecular formula is C9H12O8. The van der Waals surface area contributed by atoms with Crippen LogP contribution in [0.4, 0.5) is 0 Å². The highest BCUT2D eigenvalue weighted by Gasteiger charge is 2.39. The molecule has 3 atom stereocenters. The third-order valence-corrected chi connectivity index (χ3v) is 2.03. The molecule has 8 nitrogen and oxygen atoms in total. The summed E-state index contributed by atoms with van der Waals surface area (Å²) in [7, 11) is 0. The molecule has 4 N–H and O–H groups in total. The number of carbonyl (C=O) groups excluding carboxylic acids is 2. The van der Waals surface area contributed by atoms with Crippen molar-refractivity contribution in [1.82, 2.24) is 0 Å². The number of ether oxygens (including phenoxy) is 2. The van der Waals surface area contributed by atoms with Gasteiger partial charge in [-0.1, -0.05) is 0 Å². The molecule has 0 saturated carbocycles. The van der Waals surface area contributed by atoms with Crippen molar-refractivity contribution in [2.45, 2.75) is 25.2 Å². The number of aliphatic hydroxyl groups excluding tert-OH is 4. The Labute approximate surface area is 95.7 Å². The van der Waals surface area contributed by atoms with Gasteiger partial charge in [0.2, 0.25) is 5.76 Å². The summed E-state index contributed by atoms with van der Waals surface area (Å²) in [5.74, 6) is -3.96. The summed E-state index contributed by atoms with van der Waals surface area (Å²) in [5.41, 5.74) is 0. The van der Waals surface area contributed by atoms with Crippen molar-refractivity contribution in [2.75, 3.05) is 6.61 Å². The Morgan fingerprint density at radius 2 is 2.06 bits per heavy atom. The van der Waals surface area contributed by atoms with Crippen LogP contribution in [0.2, 0.25) is 0 Å². The van der Waals surface area contributed by atoms with Crippen molar-refractivity contribution in [3.05, 3.63) is 11.5 Å². The lowest BCUT2D eigenvalue weighted by molar-refractivity contribution is -0.160. The van der Waals surface area contributed by atoms with Crippen LogP contribution in [0.5, 0.6) is 0 Å². The summed E-state index contributed by atoms with van der Waals surface area (Å²) in [6, 6.07) is 0. The first-order chi connectivity index (χ1) is 7.84. The average Bonchev–Trinajstić information content (AvgIpc) is 2.53. The van der Waals surface area contributed by atoms with E-state index in [1.54, 1.807) is 0 Å². The van der Waals surface area contributed by atoms with E-state index >= 15 is 0 Å². The second-order valence-electron chi connectivity index (χ2n) is 3.43. The summed E-state index contributed by atoms with van der Waals surface area (Å²) in [4.78, 5) is 21.7. The Hall–Kier alpha value is -1.80. The van der Waals surface area contributed by atoms with Crippen LogP contribution < -0.4 is 0 Å². The second-order valence-corrected chi connectivity index (χ2v) is 3.43. The molecule has 17 heavy (non-hydrogen) atoms. The molecule has 1 aliphatic heterocycles. The molecule has 1 aliphatic rings. The van der Waals surface area contributed by atoms with Crippen molar-refractivity contribution in [3.8, 4) is 0 Å². The molecule has 0 spiro atoms. The molecule has 0 radical (unpaired) electrons. The maximum absolute atomic E-state index is 10.9. The molecule has 0 aromatic heterocycles. The summed E-state index contributed by atoms with van der Waals surface area (Å²) >= 11 is 0. The Morgan fingerprint density at radius 1 is 1.47 bits per heavy atom. The zero-order chi connectivity index (χ0) is 13.2. The van der Waals surface area contributed by atoms with Gasteiger partial charge in [-0.05, 0) is 6.92 Å². The predicted octanol–water partition coefficient (Wildman–Crippen LogP) is -1.48. The third-order valence-electron chi connectivity index (χ3n) is 2.03. The Balaban J connectivity index is 2.53. The van der Waals surface area contributed by atoms with Crippen LogP contribution in [-0.2, 0) is 19.1 Å². The first-order valence-corrected chi connectivity index (χ1v) is 4.70. The Bertz CT molecular complexity index is 358. The fraction of sp³-hybridized carbons (Fsp3) is 0.556. The topological polar surface area (TPSA) is 134 Å². The van der Waals surface area contributed by atoms with Gasteiger partial charge in [-0.2, -0.15) is 0 Å². The molecule has 8 heteroatoms. The van der Waals surface area contributed by atoms with Crippen molar-refractivity contribution >= 4 is 11.9 Å². The lowest BCUT2D eigenvalue weighted by Crippen LogP contribution is -2.35. The van der Waals surface area contributed by atoms with E-state index in [0.29, 0.717) is 0 Å². The highest BCUT2D eigenvalue weighted by molar-refractivity contribution is 5.89. The Morgan fingerprint density at radius 3 is 2.47 bits per heavy atom. The van der Waals surface area contributed by atoms with Gasteiger partial charge in [0.1, 0.15) is 18.8 Å². The van der Waals surface area contributed by atoms with E-state index < -0.39 is 48.4 Å². The van der Waals surface area contributed by atoms with Gasteiger partial charge in [0.15, 0.2) is 11.9 Å². The standard InChI is InChI=1S/C9H12O8/c1-3(10)8(14)16-2-4(11)7-5(12)6(13)9(15)17-7/h3-4,7,10-13H,2H2,1H3/t3-,4+,7-/m0/s1. The summed E-state index contributed by atoms with van der Waals surface area (Å²) in [6.45, 7) is 0.576. The lowest BCUT2D eigenvalue weighted by Gasteiger charge is -2.17. The highest BCUT2D eigenvalue weighted by Crippen LogP contribution is 2.21. The van der Waals surface area contributed by atoms with E-state index in [1.165, 1.54) is 6.92 Å². The van der Waals surface area contributed by atoms with Crippen LogP contribution in [0, 0.1) is 0 Å². The number of hydrogen-bond donors (Lipinski definition) is 4. The zero-order valence-corrected chi connectivity index (χ0v) is 8.86. The van der Waals surface area contributed by atoms with E-state index in [1.807, 2.05) is 0 Å². The fourth-order valence-electron chi connectivity index (χ4n) is 1.10. The SMILES string of the molecule is C[C@H](O)C(=O)OC[C@@H](O)[C@@H]1OC(=O)C(O)=C1O. The van der Waals surface area contributed by atoms with Crippen LogP contribution in [0.25, 0.3) is 0 Å². The van der Waals surface area contributed by atoms with Gasteiger partial charge in [0.25, 0.3) is 0 Å². The summed E-state index contributed by atoms with van der Waals surface area (Å²) in [6.07, 6.45) is -4.37. The maximum atomic E-state index is 10.9.